The summed E-state index contributed by atoms with van der Waals surface area (Å²) in [6.45, 7) is 4.58. The lowest BCUT2D eigenvalue weighted by molar-refractivity contribution is -0.0422. The zero-order valence-corrected chi connectivity index (χ0v) is 10.1. The Hall–Kier alpha value is -0.310. The summed E-state index contributed by atoms with van der Waals surface area (Å²) in [7, 11) is 0. The van der Waals surface area contributed by atoms with Gasteiger partial charge in [0.05, 0.1) is 12.2 Å². The molecule has 0 aromatic rings. The van der Waals surface area contributed by atoms with E-state index in [4.69, 9.17) is 16.3 Å². The first kappa shape index (κ1) is 12.8. The second-order valence-electron chi connectivity index (χ2n) is 4.14. The highest BCUT2D eigenvalue weighted by molar-refractivity contribution is 6.29. The maximum absolute atomic E-state index is 9.48. The molecule has 1 aliphatic heterocycles. The zero-order valence-electron chi connectivity index (χ0n) is 9.37. The second kappa shape index (κ2) is 6.31. The Morgan fingerprint density at radius 1 is 1.47 bits per heavy atom. The number of hydrogen-bond acceptors (Lipinski definition) is 2. The summed E-state index contributed by atoms with van der Waals surface area (Å²) in [5.74, 6) is 0. The quantitative estimate of drug-likeness (QED) is 0.756. The number of hydrogen-bond donors (Lipinski definition) is 1. The minimum atomic E-state index is -0.193. The minimum Gasteiger partial charge on any atom is -0.393 e. The third-order valence-corrected chi connectivity index (χ3v) is 2.61. The van der Waals surface area contributed by atoms with Crippen molar-refractivity contribution in [1.82, 2.24) is 0 Å². The summed E-state index contributed by atoms with van der Waals surface area (Å²) in [5, 5.41) is 10.3. The molecule has 0 saturated carbocycles. The van der Waals surface area contributed by atoms with Crippen LogP contribution in [0, 0.1) is 0 Å². The first-order valence-corrected chi connectivity index (χ1v) is 5.75. The van der Waals surface area contributed by atoms with Gasteiger partial charge in [-0.1, -0.05) is 23.3 Å². The molecule has 2 nitrogen and oxygen atoms in total. The van der Waals surface area contributed by atoms with Crippen LogP contribution in [0.5, 0.6) is 0 Å². The highest BCUT2D eigenvalue weighted by Crippen LogP contribution is 2.20. The van der Waals surface area contributed by atoms with Crippen LogP contribution in [-0.4, -0.2) is 23.9 Å². The number of halogens is 1. The van der Waals surface area contributed by atoms with Gasteiger partial charge in [0.15, 0.2) is 0 Å². The average Bonchev–Trinajstić information content (AvgIpc) is 2.15. The molecule has 1 aliphatic rings. The molecular formula is C12H19ClO2. The monoisotopic (exact) mass is 230 g/mol. The molecule has 0 aromatic carbocycles. The van der Waals surface area contributed by atoms with Crippen LogP contribution in [0.3, 0.4) is 0 Å². The zero-order chi connectivity index (χ0) is 11.3. The van der Waals surface area contributed by atoms with E-state index >= 15 is 0 Å². The van der Waals surface area contributed by atoms with Crippen LogP contribution in [0.1, 0.15) is 33.1 Å². The van der Waals surface area contributed by atoms with E-state index in [2.05, 4.69) is 6.92 Å². The van der Waals surface area contributed by atoms with Gasteiger partial charge in [-0.3, -0.25) is 0 Å². The van der Waals surface area contributed by atoms with Crippen LogP contribution in [-0.2, 0) is 4.74 Å². The standard InChI is InChI=1S/C12H19ClO2/c1-9(3-4-10(2)13)7-12-8-11(14)5-6-15-12/h3-4,11-12,14H,5-8H2,1-2H3/b9-3+,10-4+. The van der Waals surface area contributed by atoms with Gasteiger partial charge in [-0.25, -0.2) is 0 Å². The Morgan fingerprint density at radius 2 is 2.20 bits per heavy atom. The number of ether oxygens (including phenoxy) is 1. The molecule has 86 valence electrons. The normalized spacial score (nSPS) is 29.3. The van der Waals surface area contributed by atoms with Crippen LogP contribution in [0.15, 0.2) is 22.8 Å². The number of allylic oxidation sites excluding steroid dienone is 3. The van der Waals surface area contributed by atoms with Gasteiger partial charge in [0.2, 0.25) is 0 Å². The lowest BCUT2D eigenvalue weighted by Crippen LogP contribution is -2.28. The van der Waals surface area contributed by atoms with Crippen molar-refractivity contribution in [2.45, 2.75) is 45.3 Å². The molecule has 0 bridgehead atoms. The van der Waals surface area contributed by atoms with Gasteiger partial charge in [-0.15, -0.1) is 0 Å². The number of rotatable bonds is 3. The second-order valence-corrected chi connectivity index (χ2v) is 4.74. The lowest BCUT2D eigenvalue weighted by atomic mass is 10.00. The van der Waals surface area contributed by atoms with Crippen LogP contribution >= 0.6 is 11.6 Å². The predicted molar refractivity (Wildman–Crippen MR) is 63.0 cm³/mol. The highest BCUT2D eigenvalue weighted by Gasteiger charge is 2.20. The smallest absolute Gasteiger partial charge is 0.0636 e. The van der Waals surface area contributed by atoms with Gasteiger partial charge in [-0.05, 0) is 39.2 Å². The van der Waals surface area contributed by atoms with E-state index in [1.54, 1.807) is 0 Å². The van der Waals surface area contributed by atoms with Crippen molar-refractivity contribution < 1.29 is 9.84 Å². The molecule has 1 rings (SSSR count). The van der Waals surface area contributed by atoms with E-state index in [0.717, 1.165) is 24.3 Å². The summed E-state index contributed by atoms with van der Waals surface area (Å²) in [5.41, 5.74) is 1.23. The molecule has 0 radical (unpaired) electrons. The molecule has 1 saturated heterocycles. The molecule has 0 amide bonds. The van der Waals surface area contributed by atoms with Crippen molar-refractivity contribution in [3.63, 3.8) is 0 Å². The largest absolute Gasteiger partial charge is 0.393 e. The van der Waals surface area contributed by atoms with Crippen molar-refractivity contribution in [2.75, 3.05) is 6.61 Å². The third kappa shape index (κ3) is 5.36. The topological polar surface area (TPSA) is 29.5 Å². The van der Waals surface area contributed by atoms with Gasteiger partial charge in [0, 0.05) is 11.6 Å². The van der Waals surface area contributed by atoms with Crippen molar-refractivity contribution >= 4 is 11.6 Å². The Labute approximate surface area is 96.6 Å². The number of aliphatic hydroxyl groups excluding tert-OH is 1. The van der Waals surface area contributed by atoms with Gasteiger partial charge >= 0.3 is 0 Å². The minimum absolute atomic E-state index is 0.161. The van der Waals surface area contributed by atoms with E-state index in [-0.39, 0.29) is 12.2 Å². The van der Waals surface area contributed by atoms with Crippen LogP contribution in [0.4, 0.5) is 0 Å². The van der Waals surface area contributed by atoms with Crippen LogP contribution < -0.4 is 0 Å². The van der Waals surface area contributed by atoms with Gasteiger partial charge < -0.3 is 9.84 Å². The van der Waals surface area contributed by atoms with E-state index in [9.17, 15) is 5.11 Å². The predicted octanol–water partition coefficient (Wildman–Crippen LogP) is 3.01. The average molecular weight is 231 g/mol. The molecule has 15 heavy (non-hydrogen) atoms. The Kier molecular flexibility index (Phi) is 5.37. The Balaban J connectivity index is 2.40. The summed E-state index contributed by atoms with van der Waals surface area (Å²) in [6, 6.07) is 0. The molecule has 0 aromatic heterocycles. The van der Waals surface area contributed by atoms with Gasteiger partial charge in [0.25, 0.3) is 0 Å². The molecule has 1 heterocycles. The lowest BCUT2D eigenvalue weighted by Gasteiger charge is -2.26. The fourth-order valence-electron chi connectivity index (χ4n) is 1.69. The van der Waals surface area contributed by atoms with Crippen molar-refractivity contribution in [2.24, 2.45) is 0 Å². The maximum Gasteiger partial charge on any atom is 0.0636 e. The molecular weight excluding hydrogens is 212 g/mol. The molecule has 0 aliphatic carbocycles. The van der Waals surface area contributed by atoms with E-state index < -0.39 is 0 Å². The van der Waals surface area contributed by atoms with Gasteiger partial charge in [-0.2, -0.15) is 0 Å². The molecule has 1 N–H and O–H groups in total. The SMILES string of the molecule is C/C(Cl)=C\C=C(/C)CC1CC(O)CCO1. The fraction of sp³-hybridized carbons (Fsp3) is 0.667. The summed E-state index contributed by atoms with van der Waals surface area (Å²) in [6.07, 6.45) is 6.24. The first-order valence-electron chi connectivity index (χ1n) is 5.37. The van der Waals surface area contributed by atoms with Crippen molar-refractivity contribution in [1.29, 1.82) is 0 Å². The molecule has 2 unspecified atom stereocenters. The van der Waals surface area contributed by atoms with E-state index in [1.165, 1.54) is 5.57 Å². The van der Waals surface area contributed by atoms with E-state index in [1.807, 2.05) is 19.1 Å². The van der Waals surface area contributed by atoms with Crippen LogP contribution in [0.25, 0.3) is 0 Å². The summed E-state index contributed by atoms with van der Waals surface area (Å²) >= 11 is 5.73. The van der Waals surface area contributed by atoms with Gasteiger partial charge in [0.1, 0.15) is 0 Å². The third-order valence-electron chi connectivity index (χ3n) is 2.49. The first-order chi connectivity index (χ1) is 7.08. The van der Waals surface area contributed by atoms with E-state index in [0.29, 0.717) is 6.61 Å². The summed E-state index contributed by atoms with van der Waals surface area (Å²) in [4.78, 5) is 0. The number of aliphatic hydroxyl groups is 1. The van der Waals surface area contributed by atoms with Crippen LogP contribution in [0.2, 0.25) is 0 Å². The molecule has 3 heteroatoms. The maximum atomic E-state index is 9.48. The van der Waals surface area contributed by atoms with Crippen molar-refractivity contribution in [3.8, 4) is 0 Å². The summed E-state index contributed by atoms with van der Waals surface area (Å²) < 4.78 is 5.57. The highest BCUT2D eigenvalue weighted by atomic mass is 35.5. The van der Waals surface area contributed by atoms with Crippen molar-refractivity contribution in [3.05, 3.63) is 22.8 Å². The fourth-order valence-corrected chi connectivity index (χ4v) is 1.75. The molecule has 0 spiro atoms. The Morgan fingerprint density at radius 3 is 2.80 bits per heavy atom. The molecule has 2 atom stereocenters. The molecule has 1 fully saturated rings. The Bertz CT molecular complexity index is 254.